The molecule has 1 N–H and O–H groups in total. The van der Waals surface area contributed by atoms with Crippen molar-refractivity contribution in [1.82, 2.24) is 10.5 Å². The highest BCUT2D eigenvalue weighted by Gasteiger charge is 2.13. The number of aromatic nitrogens is 1. The molecule has 0 fully saturated rings. The summed E-state index contributed by atoms with van der Waals surface area (Å²) < 4.78 is 31.7. The highest BCUT2D eigenvalue weighted by atomic mass is 35.5. The molecule has 0 aliphatic rings. The van der Waals surface area contributed by atoms with Crippen LogP contribution in [0.3, 0.4) is 0 Å². The lowest BCUT2D eigenvalue weighted by atomic mass is 10.1. The Morgan fingerprint density at radius 1 is 1.12 bits per heavy atom. The van der Waals surface area contributed by atoms with Gasteiger partial charge in [-0.25, -0.2) is 8.78 Å². The lowest BCUT2D eigenvalue weighted by molar-refractivity contribution is -0.120. The van der Waals surface area contributed by atoms with Crippen LogP contribution in [0.25, 0.3) is 11.3 Å². The average molecular weight is 363 g/mol. The molecule has 1 amide bonds. The van der Waals surface area contributed by atoms with Crippen LogP contribution in [0.2, 0.25) is 5.02 Å². The van der Waals surface area contributed by atoms with Gasteiger partial charge < -0.3 is 9.84 Å². The molecule has 7 heteroatoms. The maximum Gasteiger partial charge on any atom is 0.224 e. The number of nitrogens with zero attached hydrogens (tertiary/aromatic N) is 1. The molecule has 0 radical (unpaired) electrons. The van der Waals surface area contributed by atoms with E-state index in [1.165, 1.54) is 12.1 Å². The van der Waals surface area contributed by atoms with Crippen molar-refractivity contribution < 1.29 is 18.1 Å². The van der Waals surface area contributed by atoms with E-state index in [2.05, 4.69) is 10.5 Å². The highest BCUT2D eigenvalue weighted by molar-refractivity contribution is 6.30. The predicted molar refractivity (Wildman–Crippen MR) is 88.9 cm³/mol. The van der Waals surface area contributed by atoms with Crippen molar-refractivity contribution in [3.05, 3.63) is 76.4 Å². The number of hydrogen-bond donors (Lipinski definition) is 1. The van der Waals surface area contributed by atoms with E-state index in [0.29, 0.717) is 10.7 Å². The Balaban J connectivity index is 1.59. The number of rotatable bonds is 5. The summed E-state index contributed by atoms with van der Waals surface area (Å²) in [7, 11) is 0. The number of carbonyl (C=O) groups is 1. The smallest absolute Gasteiger partial charge is 0.224 e. The van der Waals surface area contributed by atoms with E-state index in [4.69, 9.17) is 16.1 Å². The summed E-state index contributed by atoms with van der Waals surface area (Å²) >= 11 is 5.80. The number of benzene rings is 2. The van der Waals surface area contributed by atoms with Crippen LogP contribution in [0.4, 0.5) is 8.78 Å². The molecule has 1 heterocycles. The third-order valence-electron chi connectivity index (χ3n) is 3.50. The van der Waals surface area contributed by atoms with Crippen LogP contribution >= 0.6 is 11.6 Å². The molecular formula is C18H13ClF2N2O2. The van der Waals surface area contributed by atoms with Crippen molar-refractivity contribution in [1.29, 1.82) is 0 Å². The molecule has 3 aromatic rings. The Kier molecular flexibility index (Phi) is 5.09. The molecule has 0 bridgehead atoms. The van der Waals surface area contributed by atoms with Crippen molar-refractivity contribution in [2.24, 2.45) is 0 Å². The molecule has 0 spiro atoms. The monoisotopic (exact) mass is 362 g/mol. The molecular weight excluding hydrogens is 350 g/mol. The van der Waals surface area contributed by atoms with Crippen LogP contribution in [0.15, 0.2) is 53.1 Å². The summed E-state index contributed by atoms with van der Waals surface area (Å²) in [5.74, 6) is -1.44. The molecule has 0 unspecified atom stereocenters. The fraction of sp³-hybridized carbons (Fsp3) is 0.111. The van der Waals surface area contributed by atoms with Gasteiger partial charge in [0.05, 0.1) is 18.5 Å². The molecule has 0 atom stereocenters. The molecule has 128 valence electrons. The van der Waals surface area contributed by atoms with E-state index in [0.717, 1.165) is 17.7 Å². The summed E-state index contributed by atoms with van der Waals surface area (Å²) in [5.41, 5.74) is 1.37. The molecule has 3 rings (SSSR count). The first kappa shape index (κ1) is 17.1. The third-order valence-corrected chi connectivity index (χ3v) is 3.75. The Hall–Kier alpha value is -2.73. The third kappa shape index (κ3) is 4.42. The number of hydrogen-bond acceptors (Lipinski definition) is 3. The van der Waals surface area contributed by atoms with Crippen molar-refractivity contribution >= 4 is 17.5 Å². The van der Waals surface area contributed by atoms with Gasteiger partial charge in [0, 0.05) is 17.2 Å². The van der Waals surface area contributed by atoms with Crippen molar-refractivity contribution in [2.45, 2.75) is 13.0 Å². The van der Waals surface area contributed by atoms with Gasteiger partial charge in [-0.2, -0.15) is 0 Å². The summed E-state index contributed by atoms with van der Waals surface area (Å²) in [6, 6.07) is 11.6. The summed E-state index contributed by atoms with van der Waals surface area (Å²) in [6.07, 6.45) is 0.203. The Labute approximate surface area is 147 Å². The van der Waals surface area contributed by atoms with Gasteiger partial charge in [-0.3, -0.25) is 4.79 Å². The van der Waals surface area contributed by atoms with Crippen LogP contribution in [0, 0.1) is 11.6 Å². The number of halogens is 3. The van der Waals surface area contributed by atoms with Gasteiger partial charge in [0.1, 0.15) is 17.3 Å². The largest absolute Gasteiger partial charge is 0.356 e. The van der Waals surface area contributed by atoms with Crippen molar-refractivity contribution in [3.8, 4) is 11.3 Å². The van der Waals surface area contributed by atoms with E-state index >= 15 is 0 Å². The minimum atomic E-state index is -0.741. The lowest BCUT2D eigenvalue weighted by Gasteiger charge is -2.03. The first-order chi connectivity index (χ1) is 12.0. The molecule has 1 aromatic heterocycles. The Morgan fingerprint density at radius 2 is 1.88 bits per heavy atom. The normalized spacial score (nSPS) is 10.7. The van der Waals surface area contributed by atoms with Gasteiger partial charge >= 0.3 is 0 Å². The van der Waals surface area contributed by atoms with Gasteiger partial charge in [-0.15, -0.1) is 0 Å². The second kappa shape index (κ2) is 7.44. The van der Waals surface area contributed by atoms with Gasteiger partial charge in [0.15, 0.2) is 5.76 Å². The zero-order chi connectivity index (χ0) is 17.8. The van der Waals surface area contributed by atoms with Crippen molar-refractivity contribution in [2.75, 3.05) is 0 Å². The molecule has 2 aromatic carbocycles. The second-order valence-electron chi connectivity index (χ2n) is 5.39. The van der Waals surface area contributed by atoms with Gasteiger partial charge in [-0.05, 0) is 29.8 Å². The van der Waals surface area contributed by atoms with E-state index in [1.807, 2.05) is 0 Å². The molecule has 4 nitrogen and oxygen atoms in total. The topological polar surface area (TPSA) is 55.1 Å². The van der Waals surface area contributed by atoms with E-state index in [-0.39, 0.29) is 30.2 Å². The first-order valence-corrected chi connectivity index (χ1v) is 7.81. The molecule has 25 heavy (non-hydrogen) atoms. The molecule has 0 saturated carbocycles. The van der Waals surface area contributed by atoms with Crippen LogP contribution < -0.4 is 5.32 Å². The Bertz CT molecular complexity index is 894. The maximum absolute atomic E-state index is 13.7. The summed E-state index contributed by atoms with van der Waals surface area (Å²) in [5, 5.41) is 7.09. The van der Waals surface area contributed by atoms with Crippen LogP contribution in [-0.4, -0.2) is 11.1 Å². The van der Waals surface area contributed by atoms with E-state index in [9.17, 15) is 13.6 Å². The van der Waals surface area contributed by atoms with Crippen LogP contribution in [-0.2, 0) is 17.8 Å². The number of nitrogens with one attached hydrogen (secondary N) is 1. The quantitative estimate of drug-likeness (QED) is 0.742. The standard InChI is InChI=1S/C18H13ClF2N2O2/c19-12-3-1-11(2-4-12)7-18(24)22-10-14-9-17(25-23-14)15-6-5-13(20)8-16(15)21/h1-6,8-9H,7,10H2,(H,22,24). The average Bonchev–Trinajstić information content (AvgIpc) is 3.04. The number of amides is 1. The van der Waals surface area contributed by atoms with Gasteiger partial charge in [-0.1, -0.05) is 28.9 Å². The highest BCUT2D eigenvalue weighted by Crippen LogP contribution is 2.24. The zero-order valence-corrected chi connectivity index (χ0v) is 13.7. The molecule has 0 saturated heterocycles. The summed E-state index contributed by atoms with van der Waals surface area (Å²) in [4.78, 5) is 11.9. The van der Waals surface area contributed by atoms with Crippen molar-refractivity contribution in [3.63, 3.8) is 0 Å². The minimum Gasteiger partial charge on any atom is -0.356 e. The number of carbonyl (C=O) groups excluding carboxylic acids is 1. The Morgan fingerprint density at radius 3 is 2.60 bits per heavy atom. The molecule has 0 aliphatic heterocycles. The SMILES string of the molecule is O=C(Cc1ccc(Cl)cc1)NCc1cc(-c2ccc(F)cc2F)on1. The second-order valence-corrected chi connectivity index (χ2v) is 5.82. The first-order valence-electron chi connectivity index (χ1n) is 7.43. The summed E-state index contributed by atoms with van der Waals surface area (Å²) in [6.45, 7) is 0.138. The maximum atomic E-state index is 13.7. The van der Waals surface area contributed by atoms with Gasteiger partial charge in [0.2, 0.25) is 5.91 Å². The molecule has 0 aliphatic carbocycles. The van der Waals surface area contributed by atoms with E-state index in [1.54, 1.807) is 24.3 Å². The predicted octanol–water partition coefficient (Wildman–Crippen LogP) is 4.13. The van der Waals surface area contributed by atoms with E-state index < -0.39 is 11.6 Å². The minimum absolute atomic E-state index is 0.104. The van der Waals surface area contributed by atoms with Gasteiger partial charge in [0.25, 0.3) is 0 Å². The lowest BCUT2D eigenvalue weighted by Crippen LogP contribution is -2.24. The van der Waals surface area contributed by atoms with Crippen LogP contribution in [0.1, 0.15) is 11.3 Å². The zero-order valence-electron chi connectivity index (χ0n) is 12.9. The fourth-order valence-electron chi connectivity index (χ4n) is 2.25. The van der Waals surface area contributed by atoms with Crippen LogP contribution in [0.5, 0.6) is 0 Å². The fourth-order valence-corrected chi connectivity index (χ4v) is 2.38.